The van der Waals surface area contributed by atoms with E-state index in [1.807, 2.05) is 24.0 Å². The summed E-state index contributed by atoms with van der Waals surface area (Å²) in [5.41, 5.74) is 9.29. The van der Waals surface area contributed by atoms with Crippen LogP contribution in [0.25, 0.3) is 11.3 Å². The number of imidazole rings is 1. The molecule has 4 rings (SSSR count). The lowest BCUT2D eigenvalue weighted by Gasteiger charge is -2.34. The normalized spacial score (nSPS) is 16.7. The molecule has 0 radical (unpaired) electrons. The molecule has 3 aromatic rings. The van der Waals surface area contributed by atoms with Crippen molar-refractivity contribution in [3.05, 3.63) is 60.1 Å². The molecule has 1 aliphatic heterocycles. The zero-order valence-corrected chi connectivity index (χ0v) is 16.2. The Morgan fingerprint density at radius 3 is 3.00 bits per heavy atom. The average Bonchev–Trinajstić information content (AvgIpc) is 3.18. The van der Waals surface area contributed by atoms with Gasteiger partial charge >= 0.3 is 0 Å². The third-order valence-electron chi connectivity index (χ3n) is 5.01. The molecule has 0 spiro atoms. The maximum absolute atomic E-state index is 14.6. The standard InChI is InChI=1S/C21H23FN6O/c1-13-10-14(7-8-24-13)18-11-25-20(26-18)21(29)27-17-6-2-5-16(22)19(17)28-9-3-4-15(23)12-28/h2,5-8,10-11,15H,3-4,9,12,23H2,1H3,(H,25,26)(H,27,29). The number of carbonyl (C=O) groups excluding carboxylic acids is 1. The number of hydrogen-bond acceptors (Lipinski definition) is 5. The van der Waals surface area contributed by atoms with E-state index in [0.717, 1.165) is 24.1 Å². The highest BCUT2D eigenvalue weighted by atomic mass is 19.1. The number of anilines is 2. The van der Waals surface area contributed by atoms with Gasteiger partial charge in [0, 0.05) is 36.6 Å². The molecule has 29 heavy (non-hydrogen) atoms. The lowest BCUT2D eigenvalue weighted by atomic mass is 10.1. The van der Waals surface area contributed by atoms with Gasteiger partial charge in [-0.15, -0.1) is 0 Å². The first-order chi connectivity index (χ1) is 14.0. The van der Waals surface area contributed by atoms with Crippen LogP contribution in [0.4, 0.5) is 15.8 Å². The second-order valence-electron chi connectivity index (χ2n) is 7.27. The van der Waals surface area contributed by atoms with Crippen LogP contribution < -0.4 is 16.0 Å². The predicted molar refractivity (Wildman–Crippen MR) is 110 cm³/mol. The van der Waals surface area contributed by atoms with E-state index in [4.69, 9.17) is 5.73 Å². The quantitative estimate of drug-likeness (QED) is 0.631. The van der Waals surface area contributed by atoms with E-state index in [1.54, 1.807) is 24.5 Å². The number of aromatic amines is 1. The molecule has 8 heteroatoms. The number of nitrogens with zero attached hydrogens (tertiary/aromatic N) is 3. The number of aryl methyl sites for hydroxylation is 1. The van der Waals surface area contributed by atoms with Crippen molar-refractivity contribution in [2.45, 2.75) is 25.8 Å². The molecule has 1 aliphatic rings. The number of amides is 1. The predicted octanol–water partition coefficient (Wildman–Crippen LogP) is 3.10. The van der Waals surface area contributed by atoms with Gasteiger partial charge in [-0.2, -0.15) is 0 Å². The number of nitrogens with one attached hydrogen (secondary N) is 2. The van der Waals surface area contributed by atoms with Gasteiger partial charge in [0.2, 0.25) is 0 Å². The van der Waals surface area contributed by atoms with Crippen LogP contribution in [0, 0.1) is 12.7 Å². The molecule has 1 amide bonds. The SMILES string of the molecule is Cc1cc(-c2cnc(C(=O)Nc3cccc(F)c3N3CCCC(N)C3)[nH]2)ccn1. The smallest absolute Gasteiger partial charge is 0.291 e. The molecule has 0 aliphatic carbocycles. The van der Waals surface area contributed by atoms with E-state index in [9.17, 15) is 9.18 Å². The number of halogens is 1. The number of nitrogens with two attached hydrogens (primary N) is 1. The van der Waals surface area contributed by atoms with Crippen LogP contribution in [0.15, 0.2) is 42.7 Å². The van der Waals surface area contributed by atoms with E-state index in [-0.39, 0.29) is 17.7 Å². The Morgan fingerprint density at radius 2 is 2.21 bits per heavy atom. The van der Waals surface area contributed by atoms with E-state index in [1.165, 1.54) is 6.07 Å². The van der Waals surface area contributed by atoms with E-state index in [2.05, 4.69) is 20.3 Å². The Balaban J connectivity index is 1.57. The third-order valence-corrected chi connectivity index (χ3v) is 5.01. The minimum Gasteiger partial charge on any atom is -0.366 e. The molecule has 1 aromatic carbocycles. The van der Waals surface area contributed by atoms with E-state index < -0.39 is 5.91 Å². The van der Waals surface area contributed by atoms with Crippen LogP contribution in [0.3, 0.4) is 0 Å². The van der Waals surface area contributed by atoms with Crippen LogP contribution in [0.2, 0.25) is 0 Å². The first-order valence-corrected chi connectivity index (χ1v) is 9.59. The Hall–Kier alpha value is -3.26. The number of benzene rings is 1. The summed E-state index contributed by atoms with van der Waals surface area (Å²) in [4.78, 5) is 26.0. The van der Waals surface area contributed by atoms with Crippen LogP contribution in [0.5, 0.6) is 0 Å². The number of aromatic nitrogens is 3. The molecule has 1 atom stereocenters. The number of para-hydroxylation sites is 1. The van der Waals surface area contributed by atoms with Crippen LogP contribution in [-0.2, 0) is 0 Å². The maximum atomic E-state index is 14.6. The van der Waals surface area contributed by atoms with Crippen molar-refractivity contribution in [1.29, 1.82) is 0 Å². The number of H-pyrrole nitrogens is 1. The third kappa shape index (κ3) is 4.12. The maximum Gasteiger partial charge on any atom is 0.291 e. The molecular weight excluding hydrogens is 371 g/mol. The van der Waals surface area contributed by atoms with Crippen LogP contribution >= 0.6 is 0 Å². The van der Waals surface area contributed by atoms with Crippen molar-refractivity contribution < 1.29 is 9.18 Å². The number of piperidine rings is 1. The summed E-state index contributed by atoms with van der Waals surface area (Å²) in [5, 5.41) is 2.79. The largest absolute Gasteiger partial charge is 0.366 e. The van der Waals surface area contributed by atoms with Crippen molar-refractivity contribution in [2.75, 3.05) is 23.3 Å². The fourth-order valence-electron chi connectivity index (χ4n) is 3.63. The first kappa shape index (κ1) is 19.1. The van der Waals surface area contributed by atoms with Crippen LogP contribution in [-0.4, -0.2) is 40.0 Å². The van der Waals surface area contributed by atoms with Gasteiger partial charge in [-0.25, -0.2) is 9.37 Å². The highest BCUT2D eigenvalue weighted by Crippen LogP contribution is 2.31. The van der Waals surface area contributed by atoms with Gasteiger partial charge in [-0.1, -0.05) is 6.07 Å². The average molecular weight is 394 g/mol. The summed E-state index contributed by atoms with van der Waals surface area (Å²) in [5.74, 6) is -0.667. The summed E-state index contributed by atoms with van der Waals surface area (Å²) in [7, 11) is 0. The molecule has 1 fully saturated rings. The van der Waals surface area contributed by atoms with Crippen molar-refractivity contribution >= 4 is 17.3 Å². The molecule has 150 valence electrons. The molecule has 0 saturated carbocycles. The molecule has 4 N–H and O–H groups in total. The summed E-state index contributed by atoms with van der Waals surface area (Å²) in [6.45, 7) is 3.14. The van der Waals surface area contributed by atoms with Gasteiger partial charge in [-0.3, -0.25) is 9.78 Å². The lowest BCUT2D eigenvalue weighted by Crippen LogP contribution is -2.43. The van der Waals surface area contributed by atoms with Crippen molar-refractivity contribution in [1.82, 2.24) is 15.0 Å². The number of carbonyl (C=O) groups is 1. The topological polar surface area (TPSA) is 99.9 Å². The minimum absolute atomic E-state index is 0.0108. The number of rotatable bonds is 4. The Morgan fingerprint density at radius 1 is 1.34 bits per heavy atom. The van der Waals surface area contributed by atoms with Gasteiger partial charge < -0.3 is 20.9 Å². The van der Waals surface area contributed by atoms with E-state index >= 15 is 0 Å². The van der Waals surface area contributed by atoms with Gasteiger partial charge in [0.15, 0.2) is 5.82 Å². The highest BCUT2D eigenvalue weighted by Gasteiger charge is 2.23. The molecule has 7 nitrogen and oxygen atoms in total. The van der Waals surface area contributed by atoms with Gasteiger partial charge in [0.1, 0.15) is 5.82 Å². The second kappa shape index (κ2) is 8.00. The monoisotopic (exact) mass is 394 g/mol. The van der Waals surface area contributed by atoms with Gasteiger partial charge in [0.25, 0.3) is 5.91 Å². The van der Waals surface area contributed by atoms with Gasteiger partial charge in [-0.05, 0) is 44.0 Å². The summed E-state index contributed by atoms with van der Waals surface area (Å²) in [6, 6.07) is 8.38. The summed E-state index contributed by atoms with van der Waals surface area (Å²) in [6.07, 6.45) is 5.10. The summed E-state index contributed by atoms with van der Waals surface area (Å²) >= 11 is 0. The second-order valence-corrected chi connectivity index (χ2v) is 7.27. The minimum atomic E-state index is -0.435. The Kier molecular flexibility index (Phi) is 5.26. The zero-order chi connectivity index (χ0) is 20.4. The molecule has 1 unspecified atom stereocenters. The molecule has 2 aromatic heterocycles. The van der Waals surface area contributed by atoms with Crippen molar-refractivity contribution in [3.63, 3.8) is 0 Å². The first-order valence-electron chi connectivity index (χ1n) is 9.59. The lowest BCUT2D eigenvalue weighted by molar-refractivity contribution is 0.101. The zero-order valence-electron chi connectivity index (χ0n) is 16.2. The van der Waals surface area contributed by atoms with E-state index in [0.29, 0.717) is 30.2 Å². The highest BCUT2D eigenvalue weighted by molar-refractivity contribution is 6.04. The molecule has 0 bridgehead atoms. The molecule has 3 heterocycles. The Bertz CT molecular complexity index is 1030. The Labute approximate surface area is 168 Å². The fraction of sp³-hybridized carbons (Fsp3) is 0.286. The number of pyridine rings is 1. The fourth-order valence-corrected chi connectivity index (χ4v) is 3.63. The van der Waals surface area contributed by atoms with Crippen molar-refractivity contribution in [2.24, 2.45) is 5.73 Å². The van der Waals surface area contributed by atoms with Gasteiger partial charge in [0.05, 0.1) is 23.3 Å². The number of hydrogen-bond donors (Lipinski definition) is 3. The van der Waals surface area contributed by atoms with Crippen LogP contribution in [0.1, 0.15) is 29.2 Å². The van der Waals surface area contributed by atoms with Crippen molar-refractivity contribution in [3.8, 4) is 11.3 Å². The molecule has 1 saturated heterocycles. The summed E-state index contributed by atoms with van der Waals surface area (Å²) < 4.78 is 14.6. The molecular formula is C21H23FN6O.